The molecule has 0 amide bonds. The van der Waals surface area contributed by atoms with Crippen molar-refractivity contribution in [3.05, 3.63) is 57.2 Å². The van der Waals surface area contributed by atoms with Crippen LogP contribution in [0.15, 0.2) is 41.2 Å². The van der Waals surface area contributed by atoms with Crippen molar-refractivity contribution in [1.29, 1.82) is 0 Å². The number of hydrogen-bond acceptors (Lipinski definition) is 5. The molecular formula is C18H20N2O3S. The zero-order valence-electron chi connectivity index (χ0n) is 13.5. The first-order valence-corrected chi connectivity index (χ1v) is 8.67. The average molecular weight is 344 g/mol. The van der Waals surface area contributed by atoms with Crippen LogP contribution < -0.4 is 14.9 Å². The number of para-hydroxylation sites is 1. The lowest BCUT2D eigenvalue weighted by Gasteiger charge is -2.09. The van der Waals surface area contributed by atoms with Crippen LogP contribution >= 0.6 is 11.3 Å². The summed E-state index contributed by atoms with van der Waals surface area (Å²) in [6.07, 6.45) is 1.70. The highest BCUT2D eigenvalue weighted by molar-refractivity contribution is 7.16. The lowest BCUT2D eigenvalue weighted by atomic mass is 10.1. The number of fused-ring (bicyclic) bond motifs is 1. The summed E-state index contributed by atoms with van der Waals surface area (Å²) < 4.78 is 6.19. The van der Waals surface area contributed by atoms with Crippen LogP contribution in [0, 0.1) is 0 Å². The fraction of sp³-hybridized carbons (Fsp3) is 0.278. The van der Waals surface area contributed by atoms with Crippen molar-refractivity contribution in [1.82, 2.24) is 10.3 Å². The molecule has 3 aromatic rings. The maximum atomic E-state index is 11.5. The topological polar surface area (TPSA) is 74.3 Å². The van der Waals surface area contributed by atoms with Gasteiger partial charge in [0, 0.05) is 0 Å². The normalized spacial score (nSPS) is 11.0. The number of benzene rings is 2. The Morgan fingerprint density at radius 1 is 1.12 bits per heavy atom. The van der Waals surface area contributed by atoms with Crippen molar-refractivity contribution < 1.29 is 9.84 Å². The number of methoxy groups -OCH3 is 1. The predicted molar refractivity (Wildman–Crippen MR) is 97.4 cm³/mol. The molecule has 126 valence electrons. The van der Waals surface area contributed by atoms with Crippen molar-refractivity contribution in [3.8, 4) is 11.5 Å². The smallest absolute Gasteiger partial charge is 0.305 e. The molecule has 0 unspecified atom stereocenters. The van der Waals surface area contributed by atoms with Crippen LogP contribution in [0.3, 0.4) is 0 Å². The second kappa shape index (κ2) is 7.51. The van der Waals surface area contributed by atoms with Gasteiger partial charge in [0.2, 0.25) is 0 Å². The number of H-pyrrole nitrogens is 1. The molecular weight excluding hydrogens is 324 g/mol. The minimum absolute atomic E-state index is 0.122. The molecule has 24 heavy (non-hydrogen) atoms. The molecule has 0 spiro atoms. The molecule has 0 radical (unpaired) electrons. The van der Waals surface area contributed by atoms with Crippen LogP contribution in [-0.4, -0.2) is 30.3 Å². The van der Waals surface area contributed by atoms with E-state index >= 15 is 0 Å². The number of rotatable bonds is 7. The Kier molecular flexibility index (Phi) is 5.17. The molecule has 0 bridgehead atoms. The summed E-state index contributed by atoms with van der Waals surface area (Å²) in [5, 5.41) is 13.2. The molecule has 3 N–H and O–H groups in total. The average Bonchev–Trinajstić information content (AvgIpc) is 2.99. The summed E-state index contributed by atoms with van der Waals surface area (Å²) >= 11 is 1.14. The van der Waals surface area contributed by atoms with Crippen molar-refractivity contribution >= 4 is 21.6 Å². The van der Waals surface area contributed by atoms with Crippen LogP contribution in [0.25, 0.3) is 10.2 Å². The summed E-state index contributed by atoms with van der Waals surface area (Å²) in [6, 6.07) is 11.5. The number of aromatic amines is 1. The van der Waals surface area contributed by atoms with E-state index in [4.69, 9.17) is 4.74 Å². The number of ether oxygens (including phenoxy) is 1. The van der Waals surface area contributed by atoms with Crippen molar-refractivity contribution in [3.63, 3.8) is 0 Å². The molecule has 2 aromatic carbocycles. The van der Waals surface area contributed by atoms with Crippen LogP contribution in [0.1, 0.15) is 11.1 Å². The number of aromatic hydroxyl groups is 1. The Hall–Kier alpha value is -2.31. The molecule has 0 aliphatic rings. The Bertz CT molecular complexity index is 885. The Morgan fingerprint density at radius 3 is 2.67 bits per heavy atom. The van der Waals surface area contributed by atoms with E-state index < -0.39 is 0 Å². The van der Waals surface area contributed by atoms with Crippen molar-refractivity contribution in [2.45, 2.75) is 12.8 Å². The fourth-order valence-electron chi connectivity index (χ4n) is 2.75. The van der Waals surface area contributed by atoms with Gasteiger partial charge < -0.3 is 20.1 Å². The van der Waals surface area contributed by atoms with E-state index in [1.807, 2.05) is 24.3 Å². The van der Waals surface area contributed by atoms with Gasteiger partial charge in [0.25, 0.3) is 0 Å². The zero-order chi connectivity index (χ0) is 16.9. The summed E-state index contributed by atoms with van der Waals surface area (Å²) in [6.45, 7) is 1.66. The fourth-order valence-corrected chi connectivity index (χ4v) is 3.65. The Balaban J connectivity index is 1.56. The third-order valence-corrected chi connectivity index (χ3v) is 4.93. The summed E-state index contributed by atoms with van der Waals surface area (Å²) in [4.78, 5) is 14.1. The van der Waals surface area contributed by atoms with Gasteiger partial charge in [-0.15, -0.1) is 0 Å². The van der Waals surface area contributed by atoms with E-state index in [9.17, 15) is 9.90 Å². The second-order valence-corrected chi connectivity index (χ2v) is 6.51. The summed E-state index contributed by atoms with van der Waals surface area (Å²) in [5.74, 6) is 1.04. The summed E-state index contributed by atoms with van der Waals surface area (Å²) in [7, 11) is 1.69. The number of nitrogens with one attached hydrogen (secondary N) is 2. The van der Waals surface area contributed by atoms with Gasteiger partial charge in [-0.3, -0.25) is 4.79 Å². The molecule has 1 aromatic heterocycles. The first-order valence-electron chi connectivity index (χ1n) is 7.85. The molecule has 0 aliphatic carbocycles. The number of aromatic nitrogens is 1. The largest absolute Gasteiger partial charge is 0.506 e. The number of thiazole rings is 1. The highest BCUT2D eigenvalue weighted by Crippen LogP contribution is 2.27. The SMILES string of the molecule is COc1ccccc1CCNCCc1ccc(O)c2[nH]c(=O)sc12. The monoisotopic (exact) mass is 344 g/mol. The highest BCUT2D eigenvalue weighted by atomic mass is 32.1. The van der Waals surface area contributed by atoms with Gasteiger partial charge >= 0.3 is 4.87 Å². The van der Waals surface area contributed by atoms with Crippen molar-refractivity contribution in [2.75, 3.05) is 20.2 Å². The molecule has 0 aliphatic heterocycles. The third-order valence-electron chi connectivity index (χ3n) is 3.97. The Labute approximate surface area is 143 Å². The van der Waals surface area contributed by atoms with Crippen LogP contribution in [0.5, 0.6) is 11.5 Å². The standard InChI is InChI=1S/C18H20N2O3S/c1-23-15-5-3-2-4-12(15)8-10-19-11-9-13-6-7-14(21)16-17(13)24-18(22)20-16/h2-7,19,21H,8-11H2,1H3,(H,20,22). The van der Waals surface area contributed by atoms with E-state index in [2.05, 4.69) is 16.4 Å². The maximum Gasteiger partial charge on any atom is 0.305 e. The second-order valence-electron chi connectivity index (χ2n) is 5.52. The Morgan fingerprint density at radius 2 is 1.88 bits per heavy atom. The van der Waals surface area contributed by atoms with Gasteiger partial charge in [0.1, 0.15) is 17.0 Å². The summed E-state index contributed by atoms with van der Waals surface area (Å²) in [5.41, 5.74) is 2.79. The van der Waals surface area contributed by atoms with E-state index in [1.165, 1.54) is 5.56 Å². The highest BCUT2D eigenvalue weighted by Gasteiger charge is 2.09. The number of hydrogen-bond donors (Lipinski definition) is 3. The third kappa shape index (κ3) is 3.60. The van der Waals surface area contributed by atoms with Crippen LogP contribution in [0.4, 0.5) is 0 Å². The lowest BCUT2D eigenvalue weighted by molar-refractivity contribution is 0.409. The number of phenols is 1. The first kappa shape index (κ1) is 16.5. The number of phenolic OH excluding ortho intramolecular Hbond substituents is 1. The van der Waals surface area contributed by atoms with Crippen molar-refractivity contribution in [2.24, 2.45) is 0 Å². The van der Waals surface area contributed by atoms with Crippen LogP contribution in [-0.2, 0) is 12.8 Å². The van der Waals surface area contributed by atoms with Crippen LogP contribution in [0.2, 0.25) is 0 Å². The van der Waals surface area contributed by atoms with E-state index in [0.29, 0.717) is 5.52 Å². The van der Waals surface area contributed by atoms with Gasteiger partial charge in [0.15, 0.2) is 0 Å². The molecule has 0 atom stereocenters. The minimum Gasteiger partial charge on any atom is -0.506 e. The van der Waals surface area contributed by atoms with Gasteiger partial charge in [-0.25, -0.2) is 0 Å². The molecule has 0 saturated carbocycles. The maximum absolute atomic E-state index is 11.5. The van der Waals surface area contributed by atoms with E-state index in [0.717, 1.165) is 53.3 Å². The quantitative estimate of drug-likeness (QED) is 0.576. The van der Waals surface area contributed by atoms with Gasteiger partial charge in [-0.2, -0.15) is 0 Å². The molecule has 0 fully saturated rings. The lowest BCUT2D eigenvalue weighted by Crippen LogP contribution is -2.20. The molecule has 6 heteroatoms. The molecule has 0 saturated heterocycles. The van der Waals surface area contributed by atoms with Gasteiger partial charge in [-0.05, 0) is 49.2 Å². The van der Waals surface area contributed by atoms with E-state index in [1.54, 1.807) is 13.2 Å². The first-order chi connectivity index (χ1) is 11.7. The van der Waals surface area contributed by atoms with E-state index in [-0.39, 0.29) is 10.6 Å². The molecule has 5 nitrogen and oxygen atoms in total. The molecule has 1 heterocycles. The zero-order valence-corrected chi connectivity index (χ0v) is 14.3. The molecule has 3 rings (SSSR count). The minimum atomic E-state index is -0.142. The predicted octanol–water partition coefficient (Wildman–Crippen LogP) is 2.68. The van der Waals surface area contributed by atoms with Gasteiger partial charge in [0.05, 0.1) is 11.8 Å². The van der Waals surface area contributed by atoms with Gasteiger partial charge in [-0.1, -0.05) is 35.6 Å².